The fraction of sp³-hybridized carbons (Fsp3) is 0.263. The zero-order valence-corrected chi connectivity index (χ0v) is 28.9. The topological polar surface area (TPSA) is 176 Å². The first-order valence-corrected chi connectivity index (χ1v) is 16.2. The van der Waals surface area contributed by atoms with Crippen LogP contribution in [0.5, 0.6) is 23.0 Å². The minimum absolute atomic E-state index is 0.0672. The van der Waals surface area contributed by atoms with E-state index in [-0.39, 0.29) is 60.6 Å². The summed E-state index contributed by atoms with van der Waals surface area (Å²) in [6.07, 6.45) is 2.17. The smallest absolute Gasteiger partial charge is 0.463 e. The molecule has 276 valence electrons. The highest BCUT2D eigenvalue weighted by Gasteiger charge is 2.14. The Kier molecular flexibility index (Phi) is 19.1. The van der Waals surface area contributed by atoms with E-state index >= 15 is 0 Å². The number of carbonyl (C=O) groups is 6. The first kappa shape index (κ1) is 41.7. The van der Waals surface area contributed by atoms with Crippen molar-refractivity contribution in [3.05, 3.63) is 109 Å². The average Bonchev–Trinajstić information content (AvgIpc) is 3.16. The van der Waals surface area contributed by atoms with Crippen molar-refractivity contribution in [3.63, 3.8) is 0 Å². The van der Waals surface area contributed by atoms with Crippen LogP contribution in [0.3, 0.4) is 0 Å². The number of rotatable bonds is 18. The third-order valence-corrected chi connectivity index (χ3v) is 6.17. The van der Waals surface area contributed by atoms with Crippen molar-refractivity contribution < 1.29 is 66.7 Å². The van der Waals surface area contributed by atoms with Gasteiger partial charge in [0, 0.05) is 12.2 Å². The molecule has 0 amide bonds. The molecule has 0 unspecified atom stereocenters. The van der Waals surface area contributed by atoms with Crippen molar-refractivity contribution in [3.8, 4) is 23.0 Å². The molecule has 14 nitrogen and oxygen atoms in total. The van der Waals surface area contributed by atoms with Gasteiger partial charge in [0.2, 0.25) is 0 Å². The zero-order chi connectivity index (χ0) is 38.1. The Labute approximate surface area is 300 Å². The molecule has 0 aromatic heterocycles. The van der Waals surface area contributed by atoms with Crippen molar-refractivity contribution >= 4 is 36.2 Å². The van der Waals surface area contributed by atoms with Gasteiger partial charge in [0.05, 0.1) is 37.6 Å². The summed E-state index contributed by atoms with van der Waals surface area (Å²) >= 11 is 0. The molecule has 0 atom stereocenters. The highest BCUT2D eigenvalue weighted by molar-refractivity contribution is 5.92. The van der Waals surface area contributed by atoms with Crippen LogP contribution in [0, 0.1) is 0 Å². The molecule has 0 radical (unpaired) electrons. The Morgan fingerprint density at radius 1 is 0.442 bits per heavy atom. The third-order valence-electron chi connectivity index (χ3n) is 6.17. The Hall–Kier alpha value is -6.44. The molecule has 3 rings (SSSR count). The Balaban J connectivity index is 0.00000460. The standard InChI is InChI=1S/C36H34O14.C2H6/c1-3-31(37)43-21-5-7-23-45-35(41)49-29-13-9-25(10-14-29)33(39)47-27-17-19-28(20-18-27)48-34(40)26-11-15-30(16-12-26)50-36(42)46-24-8-6-22-44-32(38)4-2;1-2/h3-4,9-20H,1-2,5-8,21-24H2;1-2H3. The molecule has 0 spiro atoms. The maximum atomic E-state index is 12.6. The van der Waals surface area contributed by atoms with E-state index in [4.69, 9.17) is 37.9 Å². The summed E-state index contributed by atoms with van der Waals surface area (Å²) in [5, 5.41) is 0. The lowest BCUT2D eigenvalue weighted by molar-refractivity contribution is -0.138. The number of ether oxygens (including phenoxy) is 8. The van der Waals surface area contributed by atoms with Gasteiger partial charge in [-0.3, -0.25) is 0 Å². The largest absolute Gasteiger partial charge is 0.513 e. The predicted octanol–water partition coefficient (Wildman–Crippen LogP) is 7.20. The summed E-state index contributed by atoms with van der Waals surface area (Å²) in [5.41, 5.74) is 0.361. The quantitative estimate of drug-likeness (QED) is 0.0322. The number of hydrogen-bond acceptors (Lipinski definition) is 14. The Bertz CT molecular complexity index is 1510. The van der Waals surface area contributed by atoms with Gasteiger partial charge >= 0.3 is 36.2 Å². The van der Waals surface area contributed by atoms with Crippen molar-refractivity contribution in [2.24, 2.45) is 0 Å². The fourth-order valence-corrected chi connectivity index (χ4v) is 3.66. The summed E-state index contributed by atoms with van der Waals surface area (Å²) in [7, 11) is 0. The molecule has 0 heterocycles. The fourth-order valence-electron chi connectivity index (χ4n) is 3.66. The van der Waals surface area contributed by atoms with Crippen molar-refractivity contribution in [2.45, 2.75) is 39.5 Å². The molecule has 0 bridgehead atoms. The summed E-state index contributed by atoms with van der Waals surface area (Å²) in [6.45, 7) is 11.1. The van der Waals surface area contributed by atoms with Gasteiger partial charge in [-0.05, 0) is 98.5 Å². The second kappa shape index (κ2) is 23.8. The van der Waals surface area contributed by atoms with Crippen molar-refractivity contribution in [1.29, 1.82) is 0 Å². The Morgan fingerprint density at radius 2 is 0.712 bits per heavy atom. The van der Waals surface area contributed by atoms with E-state index < -0.39 is 36.2 Å². The average molecular weight is 721 g/mol. The van der Waals surface area contributed by atoms with Crippen LogP contribution in [-0.2, 0) is 28.5 Å². The highest BCUT2D eigenvalue weighted by atomic mass is 16.7. The maximum Gasteiger partial charge on any atom is 0.513 e. The lowest BCUT2D eigenvalue weighted by atomic mass is 10.2. The van der Waals surface area contributed by atoms with Crippen molar-refractivity contribution in [1.82, 2.24) is 0 Å². The van der Waals surface area contributed by atoms with E-state index in [9.17, 15) is 28.8 Å². The normalized spacial score (nSPS) is 9.81. The Morgan fingerprint density at radius 3 is 1.02 bits per heavy atom. The third kappa shape index (κ3) is 16.3. The lowest BCUT2D eigenvalue weighted by Crippen LogP contribution is -2.13. The van der Waals surface area contributed by atoms with Gasteiger partial charge in [-0.1, -0.05) is 27.0 Å². The van der Waals surface area contributed by atoms with E-state index in [0.717, 1.165) is 12.2 Å². The molecule has 3 aromatic carbocycles. The maximum absolute atomic E-state index is 12.6. The van der Waals surface area contributed by atoms with Crippen LogP contribution >= 0.6 is 0 Å². The number of esters is 4. The van der Waals surface area contributed by atoms with Gasteiger partial charge in [0.25, 0.3) is 0 Å². The first-order valence-electron chi connectivity index (χ1n) is 16.2. The molecule has 0 aliphatic heterocycles. The van der Waals surface area contributed by atoms with Gasteiger partial charge in [-0.2, -0.15) is 0 Å². The van der Waals surface area contributed by atoms with E-state index in [2.05, 4.69) is 13.2 Å². The molecule has 52 heavy (non-hydrogen) atoms. The molecular weight excluding hydrogens is 680 g/mol. The van der Waals surface area contributed by atoms with Gasteiger partial charge in [-0.15, -0.1) is 0 Å². The lowest BCUT2D eigenvalue weighted by Gasteiger charge is -2.09. The minimum Gasteiger partial charge on any atom is -0.463 e. The number of hydrogen-bond donors (Lipinski definition) is 0. The van der Waals surface area contributed by atoms with Crippen LogP contribution in [0.25, 0.3) is 0 Å². The van der Waals surface area contributed by atoms with E-state index in [0.29, 0.717) is 25.7 Å². The molecule has 0 N–H and O–H groups in total. The monoisotopic (exact) mass is 720 g/mol. The van der Waals surface area contributed by atoms with Crippen molar-refractivity contribution in [2.75, 3.05) is 26.4 Å². The molecule has 3 aromatic rings. The summed E-state index contributed by atoms with van der Waals surface area (Å²) < 4.78 is 40.4. The van der Waals surface area contributed by atoms with Crippen LogP contribution < -0.4 is 18.9 Å². The van der Waals surface area contributed by atoms with E-state index in [1.54, 1.807) is 0 Å². The SMILES string of the molecule is C=CC(=O)OCCCCOC(=O)Oc1ccc(C(=O)Oc2ccc(OC(=O)c3ccc(OC(=O)OCCCCOC(=O)C=C)cc3)cc2)cc1.CC. The van der Waals surface area contributed by atoms with Gasteiger partial charge in [-0.25, -0.2) is 28.8 Å². The second-order valence-corrected chi connectivity index (χ2v) is 9.86. The van der Waals surface area contributed by atoms with Gasteiger partial charge in [0.15, 0.2) is 0 Å². The number of benzene rings is 3. The van der Waals surface area contributed by atoms with Crippen LogP contribution in [-0.4, -0.2) is 62.6 Å². The van der Waals surface area contributed by atoms with Crippen LogP contribution in [0.1, 0.15) is 60.2 Å². The minimum atomic E-state index is -0.927. The summed E-state index contributed by atoms with van der Waals surface area (Å²) in [5.74, 6) is -1.75. The first-order chi connectivity index (χ1) is 25.2. The molecule has 14 heteroatoms. The zero-order valence-electron chi connectivity index (χ0n) is 28.9. The molecular formula is C38H40O14. The highest BCUT2D eigenvalue weighted by Crippen LogP contribution is 2.22. The van der Waals surface area contributed by atoms with Crippen LogP contribution in [0.4, 0.5) is 9.59 Å². The van der Waals surface area contributed by atoms with Crippen LogP contribution in [0.15, 0.2) is 98.1 Å². The molecule has 0 fully saturated rings. The predicted molar refractivity (Wildman–Crippen MR) is 185 cm³/mol. The number of carbonyl (C=O) groups excluding carboxylic acids is 6. The van der Waals surface area contributed by atoms with E-state index in [1.165, 1.54) is 72.8 Å². The molecule has 0 saturated heterocycles. The van der Waals surface area contributed by atoms with Gasteiger partial charge < -0.3 is 37.9 Å². The summed E-state index contributed by atoms with van der Waals surface area (Å²) in [6, 6.07) is 17.0. The van der Waals surface area contributed by atoms with Crippen LogP contribution in [0.2, 0.25) is 0 Å². The second-order valence-electron chi connectivity index (χ2n) is 9.86. The molecule has 0 aliphatic carbocycles. The molecule has 0 aliphatic rings. The summed E-state index contributed by atoms with van der Waals surface area (Å²) in [4.78, 5) is 70.8. The van der Waals surface area contributed by atoms with Gasteiger partial charge in [0.1, 0.15) is 23.0 Å². The molecule has 0 saturated carbocycles. The number of unbranched alkanes of at least 4 members (excludes halogenated alkanes) is 2. The van der Waals surface area contributed by atoms with E-state index in [1.807, 2.05) is 13.8 Å².